The van der Waals surface area contributed by atoms with Gasteiger partial charge < -0.3 is 20.7 Å². The Kier molecular flexibility index (Phi) is 7.12. The highest BCUT2D eigenvalue weighted by molar-refractivity contribution is 7.86. The summed E-state index contributed by atoms with van der Waals surface area (Å²) >= 11 is 0. The molecule has 2 aromatic carbocycles. The second kappa shape index (κ2) is 9.72. The molecule has 2 atom stereocenters. The van der Waals surface area contributed by atoms with E-state index in [9.17, 15) is 23.1 Å². The van der Waals surface area contributed by atoms with E-state index in [1.807, 2.05) is 0 Å². The number of benzene rings is 2. The van der Waals surface area contributed by atoms with Crippen molar-refractivity contribution in [3.8, 4) is 5.75 Å². The molecule has 0 saturated heterocycles. The molecule has 0 heterocycles. The van der Waals surface area contributed by atoms with Crippen LogP contribution in [0.3, 0.4) is 0 Å². The zero-order valence-corrected chi connectivity index (χ0v) is 19.3. The molecule has 2 unspecified atom stereocenters. The number of fused-ring (bicyclic) bond motifs is 4. The zero-order valence-electron chi connectivity index (χ0n) is 18.5. The topological polar surface area (TPSA) is 219 Å². The summed E-state index contributed by atoms with van der Waals surface area (Å²) in [7, 11) is -2.47. The first-order chi connectivity index (χ1) is 16.4. The predicted octanol–water partition coefficient (Wildman–Crippen LogP) is 1.84. The first kappa shape index (κ1) is 25.6. The summed E-state index contributed by atoms with van der Waals surface area (Å²) in [5.74, 6) is -0.432. The summed E-state index contributed by atoms with van der Waals surface area (Å²) in [4.78, 5) is 38.1. The molecule has 0 aliphatic heterocycles. The maximum atomic E-state index is 13.4. The zero-order chi connectivity index (χ0) is 26.1. The molecule has 0 radical (unpaired) electrons. The molecule has 0 spiro atoms. The minimum absolute atomic E-state index is 0.0766. The fraction of sp³-hybridized carbons (Fsp3) is 0.286. The number of hydrogen-bond donors (Lipinski definition) is 3. The molecule has 0 aromatic heterocycles. The maximum Gasteiger partial charge on any atom is 0.402 e. The van der Waals surface area contributed by atoms with Crippen LogP contribution in [0.4, 0.5) is 4.79 Å². The van der Waals surface area contributed by atoms with Gasteiger partial charge in [-0.3, -0.25) is 13.8 Å². The minimum atomic E-state index is -3.91. The van der Waals surface area contributed by atoms with Crippen molar-refractivity contribution in [3.05, 3.63) is 73.7 Å². The number of nitrogens with two attached hydrogens (primary N) is 1. The lowest BCUT2D eigenvalue weighted by molar-refractivity contribution is 0.0977. The second-order valence-corrected chi connectivity index (χ2v) is 9.21. The van der Waals surface area contributed by atoms with Crippen LogP contribution in [-0.4, -0.2) is 55.8 Å². The van der Waals surface area contributed by atoms with Crippen molar-refractivity contribution in [2.24, 2.45) is 10.8 Å². The van der Waals surface area contributed by atoms with E-state index in [0.29, 0.717) is 16.9 Å². The summed E-state index contributed by atoms with van der Waals surface area (Å²) in [5.41, 5.74) is 14.5. The third kappa shape index (κ3) is 4.95. The van der Waals surface area contributed by atoms with Crippen LogP contribution in [0.1, 0.15) is 54.6 Å². The third-order valence-corrected chi connectivity index (χ3v) is 6.04. The van der Waals surface area contributed by atoms with Gasteiger partial charge in [-0.2, -0.15) is 8.42 Å². The van der Waals surface area contributed by atoms with Gasteiger partial charge in [0.2, 0.25) is 0 Å². The van der Waals surface area contributed by atoms with Crippen molar-refractivity contribution < 1.29 is 41.9 Å². The van der Waals surface area contributed by atoms with Crippen LogP contribution in [0.5, 0.6) is 5.75 Å². The molecular weight excluding hydrogens is 484 g/mol. The van der Waals surface area contributed by atoms with Crippen molar-refractivity contribution in [2.45, 2.75) is 25.2 Å². The summed E-state index contributed by atoms with van der Waals surface area (Å²) in [6, 6.07) is 4.84. The van der Waals surface area contributed by atoms with Gasteiger partial charge in [-0.05, 0) is 46.5 Å². The van der Waals surface area contributed by atoms with Crippen LogP contribution >= 0.6 is 0 Å². The Morgan fingerprint density at radius 3 is 2.43 bits per heavy atom. The molecule has 2 aliphatic carbocycles. The Labute approximate surface area is 198 Å². The van der Waals surface area contributed by atoms with Crippen molar-refractivity contribution in [1.29, 1.82) is 0 Å². The van der Waals surface area contributed by atoms with Crippen LogP contribution in [0.25, 0.3) is 10.4 Å². The molecule has 13 nitrogen and oxygen atoms in total. The molecule has 184 valence electrons. The number of azide groups is 1. The van der Waals surface area contributed by atoms with E-state index in [1.165, 1.54) is 25.3 Å². The first-order valence-electron chi connectivity index (χ1n) is 9.91. The molecule has 2 aliphatic rings. The van der Waals surface area contributed by atoms with E-state index in [0.717, 1.165) is 6.26 Å². The fourth-order valence-electron chi connectivity index (χ4n) is 4.28. The lowest BCUT2D eigenvalue weighted by Gasteiger charge is -2.23. The molecule has 14 heteroatoms. The SMILES string of the molecule is COc1ccc2c(c1)C(=O)c1cc(CO)c3c(c1C2=O)CC(OS(C)(=O)=O)C3N=[N+]=[N-].NC(=O)O. The normalized spacial score (nSPS) is 17.8. The lowest BCUT2D eigenvalue weighted by Crippen LogP contribution is -2.24. The van der Waals surface area contributed by atoms with Gasteiger partial charge in [0.05, 0.1) is 32.1 Å². The number of methoxy groups -OCH3 is 1. The van der Waals surface area contributed by atoms with Crippen LogP contribution in [-0.2, 0) is 27.3 Å². The van der Waals surface area contributed by atoms with Gasteiger partial charge in [0.1, 0.15) is 5.75 Å². The predicted molar refractivity (Wildman–Crippen MR) is 120 cm³/mol. The van der Waals surface area contributed by atoms with Gasteiger partial charge in [-0.1, -0.05) is 5.11 Å². The number of aliphatic hydroxyl groups excluding tert-OH is 1. The average Bonchev–Trinajstić information content (AvgIpc) is 3.12. The number of hydrogen-bond acceptors (Lipinski definition) is 9. The van der Waals surface area contributed by atoms with Crippen LogP contribution in [0.15, 0.2) is 29.4 Å². The number of primary amides is 1. The third-order valence-electron chi connectivity index (χ3n) is 5.45. The Balaban J connectivity index is 0.000000795. The van der Waals surface area contributed by atoms with Crippen LogP contribution in [0, 0.1) is 0 Å². The molecule has 4 rings (SSSR count). The van der Waals surface area contributed by atoms with Gasteiger partial charge in [-0.25, -0.2) is 4.79 Å². The van der Waals surface area contributed by atoms with E-state index < -0.39 is 46.5 Å². The number of aliphatic hydroxyl groups is 1. The van der Waals surface area contributed by atoms with E-state index in [2.05, 4.69) is 15.8 Å². The number of amides is 1. The smallest absolute Gasteiger partial charge is 0.402 e. The van der Waals surface area contributed by atoms with Crippen molar-refractivity contribution in [3.63, 3.8) is 0 Å². The molecule has 35 heavy (non-hydrogen) atoms. The standard InChI is InChI=1S/C20H17N3O7S.CH3NO2/c1-29-10-3-4-11-12(6-10)19(25)14-5-9(8-24)16-13(17(14)20(11)26)7-15(18(16)22-23-21)30-31(2,27)28;2-1(3)4/h3-6,15,18,24H,7-8H2,1-2H3;2H2,(H,3,4). The largest absolute Gasteiger partial charge is 0.497 e. The number of carboxylic acid groups (broad SMARTS) is 1. The van der Waals surface area contributed by atoms with Crippen LogP contribution < -0.4 is 10.5 Å². The van der Waals surface area contributed by atoms with Crippen molar-refractivity contribution in [1.82, 2.24) is 0 Å². The van der Waals surface area contributed by atoms with Crippen LogP contribution in [0.2, 0.25) is 0 Å². The molecule has 1 amide bonds. The lowest BCUT2D eigenvalue weighted by atomic mass is 9.79. The van der Waals surface area contributed by atoms with Crippen molar-refractivity contribution >= 4 is 27.8 Å². The summed E-state index contributed by atoms with van der Waals surface area (Å²) in [6.45, 7) is -0.509. The number of ketones is 2. The molecule has 0 fully saturated rings. The molecular formula is C21H20N4O9S. The number of rotatable bonds is 5. The second-order valence-electron chi connectivity index (χ2n) is 7.61. The molecule has 0 saturated carbocycles. The quantitative estimate of drug-likeness (QED) is 0.199. The van der Waals surface area contributed by atoms with E-state index in [4.69, 9.17) is 24.4 Å². The Morgan fingerprint density at radius 2 is 1.89 bits per heavy atom. The highest BCUT2D eigenvalue weighted by Gasteiger charge is 2.43. The summed E-state index contributed by atoms with van der Waals surface area (Å²) < 4.78 is 33.7. The van der Waals surface area contributed by atoms with E-state index >= 15 is 0 Å². The molecule has 2 aromatic rings. The highest BCUT2D eigenvalue weighted by atomic mass is 32.2. The van der Waals surface area contributed by atoms with Gasteiger partial charge in [-0.15, -0.1) is 0 Å². The van der Waals surface area contributed by atoms with E-state index in [-0.39, 0.29) is 34.2 Å². The van der Waals surface area contributed by atoms with Gasteiger partial charge in [0.25, 0.3) is 10.1 Å². The average molecular weight is 504 g/mol. The maximum absolute atomic E-state index is 13.4. The summed E-state index contributed by atoms with van der Waals surface area (Å²) in [6.07, 6.45) is -1.64. The minimum Gasteiger partial charge on any atom is -0.497 e. The highest BCUT2D eigenvalue weighted by Crippen LogP contribution is 2.45. The Morgan fingerprint density at radius 1 is 1.23 bits per heavy atom. The monoisotopic (exact) mass is 504 g/mol. The number of nitrogens with zero attached hydrogens (tertiary/aromatic N) is 3. The van der Waals surface area contributed by atoms with Gasteiger partial charge >= 0.3 is 6.09 Å². The van der Waals surface area contributed by atoms with Gasteiger partial charge in [0, 0.05) is 33.6 Å². The first-order valence-corrected chi connectivity index (χ1v) is 11.7. The molecule has 4 N–H and O–H groups in total. The van der Waals surface area contributed by atoms with Gasteiger partial charge in [0.15, 0.2) is 11.6 Å². The number of carbonyl (C=O) groups excluding carboxylic acids is 2. The van der Waals surface area contributed by atoms with Crippen molar-refractivity contribution in [2.75, 3.05) is 13.4 Å². The Hall–Kier alpha value is -3.97. The Bertz CT molecular complexity index is 1390. The number of ether oxygens (including phenoxy) is 1. The summed E-state index contributed by atoms with van der Waals surface area (Å²) in [5, 5.41) is 20.8. The molecule has 0 bridgehead atoms. The van der Waals surface area contributed by atoms with E-state index in [1.54, 1.807) is 6.07 Å². The fourth-order valence-corrected chi connectivity index (χ4v) is 4.90. The number of carbonyl (C=O) groups is 3.